The van der Waals surface area contributed by atoms with Gasteiger partial charge in [-0.25, -0.2) is 13.1 Å². The molecule has 0 fully saturated rings. The van der Waals surface area contributed by atoms with Crippen molar-refractivity contribution in [3.8, 4) is 11.3 Å². The van der Waals surface area contributed by atoms with Gasteiger partial charge in [0.05, 0.1) is 23.1 Å². The molecule has 0 atom stereocenters. The number of hydrogen-bond donors (Lipinski definition) is 1. The van der Waals surface area contributed by atoms with E-state index in [1.807, 2.05) is 4.72 Å². The molecule has 20 heavy (non-hydrogen) atoms. The van der Waals surface area contributed by atoms with Crippen molar-refractivity contribution in [3.05, 3.63) is 36.2 Å². The fourth-order valence-electron chi connectivity index (χ4n) is 1.62. The smallest absolute Gasteiger partial charge is 0.418 e. The van der Waals surface area contributed by atoms with E-state index in [-0.39, 0.29) is 5.56 Å². The van der Waals surface area contributed by atoms with Gasteiger partial charge in [0, 0.05) is 6.20 Å². The Kier molecular flexibility index (Phi) is 3.57. The summed E-state index contributed by atoms with van der Waals surface area (Å²) in [5, 5.41) is -0.607. The van der Waals surface area contributed by atoms with Gasteiger partial charge >= 0.3 is 6.18 Å². The summed E-state index contributed by atoms with van der Waals surface area (Å²) in [5.74, 6) is 0. The highest BCUT2D eigenvalue weighted by Gasteiger charge is 2.36. The molecule has 9 heteroatoms. The van der Waals surface area contributed by atoms with Crippen LogP contribution in [0.15, 0.2) is 40.2 Å². The van der Waals surface area contributed by atoms with Gasteiger partial charge in [-0.2, -0.15) is 13.2 Å². The van der Waals surface area contributed by atoms with Gasteiger partial charge in [-0.3, -0.25) is 4.98 Å². The van der Waals surface area contributed by atoms with Gasteiger partial charge in [0.25, 0.3) is 10.0 Å². The van der Waals surface area contributed by atoms with Gasteiger partial charge in [-0.1, -0.05) is 0 Å². The van der Waals surface area contributed by atoms with Crippen molar-refractivity contribution in [2.75, 3.05) is 7.05 Å². The minimum atomic E-state index is -4.65. The number of alkyl halides is 3. The first kappa shape index (κ1) is 14.5. The van der Waals surface area contributed by atoms with Crippen molar-refractivity contribution in [1.29, 1.82) is 0 Å². The van der Waals surface area contributed by atoms with E-state index in [0.29, 0.717) is 0 Å². The maximum Gasteiger partial charge on any atom is 0.418 e. The molecular weight excluding hydrogens is 297 g/mol. The van der Waals surface area contributed by atoms with Gasteiger partial charge in [0.1, 0.15) is 0 Å². The summed E-state index contributed by atoms with van der Waals surface area (Å²) in [6, 6.07) is 3.07. The summed E-state index contributed by atoms with van der Waals surface area (Å²) in [4.78, 5) is 3.62. The third kappa shape index (κ3) is 2.54. The predicted molar refractivity (Wildman–Crippen MR) is 63.2 cm³/mol. The highest BCUT2D eigenvalue weighted by Crippen LogP contribution is 2.38. The molecule has 0 radical (unpaired) electrons. The highest BCUT2D eigenvalue weighted by molar-refractivity contribution is 7.89. The normalized spacial score (nSPS) is 12.6. The second-order valence-corrected chi connectivity index (χ2v) is 5.51. The molecule has 108 valence electrons. The number of furan rings is 1. The summed E-state index contributed by atoms with van der Waals surface area (Å²) in [6.45, 7) is 0. The number of hydrogen-bond acceptors (Lipinski definition) is 4. The average molecular weight is 306 g/mol. The Balaban J connectivity index is 2.69. The lowest BCUT2D eigenvalue weighted by Crippen LogP contribution is -2.19. The molecule has 1 N–H and O–H groups in total. The summed E-state index contributed by atoms with van der Waals surface area (Å²) < 4.78 is 68.9. The molecule has 0 saturated heterocycles. The number of halogens is 3. The van der Waals surface area contributed by atoms with Crippen molar-refractivity contribution >= 4 is 10.0 Å². The van der Waals surface area contributed by atoms with Crippen molar-refractivity contribution < 1.29 is 26.0 Å². The van der Waals surface area contributed by atoms with Gasteiger partial charge in [0.15, 0.2) is 0 Å². The van der Waals surface area contributed by atoms with Crippen LogP contribution >= 0.6 is 0 Å². The van der Waals surface area contributed by atoms with Gasteiger partial charge in [-0.15, -0.1) is 0 Å². The Hall–Kier alpha value is -1.87. The quantitative estimate of drug-likeness (QED) is 0.944. The molecule has 2 aromatic rings. The predicted octanol–water partition coefficient (Wildman–Crippen LogP) is 2.27. The van der Waals surface area contributed by atoms with Crippen LogP contribution in [0.5, 0.6) is 0 Å². The molecule has 5 nitrogen and oxygen atoms in total. The van der Waals surface area contributed by atoms with Gasteiger partial charge < -0.3 is 4.42 Å². The zero-order valence-corrected chi connectivity index (χ0v) is 10.9. The maximum absolute atomic E-state index is 12.9. The van der Waals surface area contributed by atoms with E-state index in [2.05, 4.69) is 4.98 Å². The van der Waals surface area contributed by atoms with Crippen molar-refractivity contribution in [2.24, 2.45) is 0 Å². The number of nitrogens with one attached hydrogen (secondary N) is 1. The van der Waals surface area contributed by atoms with E-state index >= 15 is 0 Å². The molecule has 0 aliphatic rings. The number of sulfonamides is 1. The molecule has 0 unspecified atom stereocenters. The Bertz CT molecular complexity index is 723. The molecule has 2 aromatic heterocycles. The van der Waals surface area contributed by atoms with E-state index in [1.165, 1.54) is 0 Å². The lowest BCUT2D eigenvalue weighted by Gasteiger charge is -2.11. The number of rotatable bonds is 3. The highest BCUT2D eigenvalue weighted by atomic mass is 32.2. The first-order valence-electron chi connectivity index (χ1n) is 5.31. The molecule has 0 bridgehead atoms. The number of nitrogens with zero attached hydrogens (tertiary/aromatic N) is 1. The standard InChI is InChI=1S/C11H9F3N2O3S/c1-15-20(17,18)10-7(4-6-19-10)9-8(11(12,13)14)3-2-5-16-9/h2-6,15H,1H3. The average Bonchev–Trinajstić information content (AvgIpc) is 2.87. The summed E-state index contributed by atoms with van der Waals surface area (Å²) in [7, 11) is -2.89. The third-order valence-corrected chi connectivity index (χ3v) is 3.85. The molecule has 0 aromatic carbocycles. The van der Waals surface area contributed by atoms with E-state index < -0.39 is 32.5 Å². The van der Waals surface area contributed by atoms with Crippen molar-refractivity contribution in [2.45, 2.75) is 11.3 Å². The first-order valence-corrected chi connectivity index (χ1v) is 6.79. The minimum Gasteiger partial charge on any atom is -0.451 e. The molecule has 2 rings (SSSR count). The molecule has 0 aliphatic carbocycles. The topological polar surface area (TPSA) is 72.2 Å². The van der Waals surface area contributed by atoms with E-state index in [1.54, 1.807) is 0 Å². The lowest BCUT2D eigenvalue weighted by molar-refractivity contribution is -0.137. The van der Waals surface area contributed by atoms with E-state index in [9.17, 15) is 21.6 Å². The second kappa shape index (κ2) is 4.91. The second-order valence-electron chi connectivity index (χ2n) is 3.73. The largest absolute Gasteiger partial charge is 0.451 e. The Morgan fingerprint density at radius 1 is 1.30 bits per heavy atom. The summed E-state index contributed by atoms with van der Waals surface area (Å²) in [5.41, 5.74) is -1.77. The monoisotopic (exact) mass is 306 g/mol. The Labute approximate surface area is 112 Å². The van der Waals surface area contributed by atoms with Gasteiger partial charge in [-0.05, 0) is 25.2 Å². The number of pyridine rings is 1. The lowest BCUT2D eigenvalue weighted by atomic mass is 10.1. The zero-order valence-electron chi connectivity index (χ0n) is 10.1. The maximum atomic E-state index is 12.9. The molecule has 0 amide bonds. The van der Waals surface area contributed by atoms with Crippen LogP contribution in [-0.2, 0) is 16.2 Å². The van der Waals surface area contributed by atoms with E-state index in [0.717, 1.165) is 37.7 Å². The van der Waals surface area contributed by atoms with Crippen LogP contribution in [0.4, 0.5) is 13.2 Å². The Morgan fingerprint density at radius 2 is 2.00 bits per heavy atom. The van der Waals surface area contributed by atoms with Crippen LogP contribution in [0.3, 0.4) is 0 Å². The molecule has 2 heterocycles. The third-order valence-electron chi connectivity index (χ3n) is 2.51. The van der Waals surface area contributed by atoms with Crippen LogP contribution in [0, 0.1) is 0 Å². The van der Waals surface area contributed by atoms with Crippen LogP contribution in [0.2, 0.25) is 0 Å². The molecular formula is C11H9F3N2O3S. The summed E-state index contributed by atoms with van der Waals surface area (Å²) >= 11 is 0. The Morgan fingerprint density at radius 3 is 2.60 bits per heavy atom. The minimum absolute atomic E-state index is 0.243. The zero-order chi connectivity index (χ0) is 15.0. The first-order chi connectivity index (χ1) is 9.27. The van der Waals surface area contributed by atoms with Crippen molar-refractivity contribution in [1.82, 2.24) is 9.71 Å². The molecule has 0 spiro atoms. The van der Waals surface area contributed by atoms with E-state index in [4.69, 9.17) is 4.42 Å². The van der Waals surface area contributed by atoms with Crippen molar-refractivity contribution in [3.63, 3.8) is 0 Å². The van der Waals surface area contributed by atoms with Crippen LogP contribution in [0.25, 0.3) is 11.3 Å². The van der Waals surface area contributed by atoms with Crippen LogP contribution in [-0.4, -0.2) is 20.4 Å². The fourth-order valence-corrected chi connectivity index (χ4v) is 2.44. The van der Waals surface area contributed by atoms with Crippen LogP contribution in [0.1, 0.15) is 5.56 Å². The molecule has 0 saturated carbocycles. The SMILES string of the molecule is CNS(=O)(=O)c1occc1-c1ncccc1C(F)(F)F. The number of aromatic nitrogens is 1. The molecule has 0 aliphatic heterocycles. The van der Waals surface area contributed by atoms with Gasteiger partial charge in [0.2, 0.25) is 5.09 Å². The van der Waals surface area contributed by atoms with Crippen LogP contribution < -0.4 is 4.72 Å². The fraction of sp³-hybridized carbons (Fsp3) is 0.182. The summed E-state index contributed by atoms with van der Waals surface area (Å²) in [6.07, 6.45) is -2.51.